The van der Waals surface area contributed by atoms with Gasteiger partial charge >= 0.3 is 0 Å². The number of ether oxygens (including phenoxy) is 2. The molecule has 12 nitrogen and oxygen atoms in total. The van der Waals surface area contributed by atoms with E-state index in [4.69, 9.17) is 19.6 Å². The summed E-state index contributed by atoms with van der Waals surface area (Å²) in [4.78, 5) is 25.1. The minimum Gasteiger partial charge on any atom is -0.494 e. The standard InChI is InChI=1S/C30H32N8O4/c1-20(2)19-33-29(40)30(18-22-8-3-5-10-25(22)35-37-31)27(24-9-4-6-11-26(24)36-38-32)42-28(34-30)21-12-14-23(15-13-21)41-17-7-16-39/h3-6,8-15,20,27,39H,7,16-19H2,1-2H3,(H,33,40)/t27-,30-/m1/s1. The first-order valence-corrected chi connectivity index (χ1v) is 13.6. The van der Waals surface area contributed by atoms with Gasteiger partial charge in [-0.2, -0.15) is 0 Å². The number of aliphatic imine (C=N–C) groups is 1. The molecule has 1 aliphatic rings. The third-order valence-electron chi connectivity index (χ3n) is 6.68. The molecule has 0 bridgehead atoms. The molecule has 0 fully saturated rings. The maximum absolute atomic E-state index is 14.2. The fraction of sp³-hybridized carbons (Fsp3) is 0.333. The smallest absolute Gasteiger partial charge is 0.252 e. The highest BCUT2D eigenvalue weighted by Crippen LogP contribution is 2.46. The highest BCUT2D eigenvalue weighted by Gasteiger charge is 2.54. The largest absolute Gasteiger partial charge is 0.494 e. The molecule has 0 saturated carbocycles. The van der Waals surface area contributed by atoms with Gasteiger partial charge in [-0.05, 0) is 46.8 Å². The van der Waals surface area contributed by atoms with Crippen LogP contribution < -0.4 is 10.1 Å². The number of nitrogens with one attached hydrogen (secondary N) is 1. The number of carbonyl (C=O) groups is 1. The van der Waals surface area contributed by atoms with Crippen LogP contribution in [-0.2, 0) is 16.0 Å². The number of nitrogens with zero attached hydrogens (tertiary/aromatic N) is 7. The molecule has 1 amide bonds. The predicted octanol–water partition coefficient (Wildman–Crippen LogP) is 6.60. The quantitative estimate of drug-likeness (QED) is 0.102. The fourth-order valence-electron chi connectivity index (χ4n) is 4.65. The van der Waals surface area contributed by atoms with Crippen molar-refractivity contribution in [1.82, 2.24) is 5.32 Å². The summed E-state index contributed by atoms with van der Waals surface area (Å²) in [7, 11) is 0. The van der Waals surface area contributed by atoms with Gasteiger partial charge in [-0.15, -0.1) is 0 Å². The Labute approximate surface area is 243 Å². The normalized spacial score (nSPS) is 17.4. The van der Waals surface area contributed by atoms with Crippen molar-refractivity contribution in [1.29, 1.82) is 0 Å². The summed E-state index contributed by atoms with van der Waals surface area (Å²) in [5, 5.41) is 19.8. The third-order valence-corrected chi connectivity index (χ3v) is 6.68. The lowest BCUT2D eigenvalue weighted by Crippen LogP contribution is -2.50. The van der Waals surface area contributed by atoms with E-state index < -0.39 is 11.6 Å². The maximum Gasteiger partial charge on any atom is 0.252 e. The number of rotatable bonds is 13. The summed E-state index contributed by atoms with van der Waals surface area (Å²) in [6.45, 7) is 4.78. The van der Waals surface area contributed by atoms with Gasteiger partial charge in [-0.3, -0.25) is 4.79 Å². The number of hydrogen-bond acceptors (Lipinski definition) is 7. The van der Waals surface area contributed by atoms with Crippen LogP contribution in [0.15, 0.2) is 88.0 Å². The van der Waals surface area contributed by atoms with Crippen LogP contribution in [0.25, 0.3) is 20.9 Å². The summed E-state index contributed by atoms with van der Waals surface area (Å²) in [6.07, 6.45) is -0.441. The topological polar surface area (TPSA) is 178 Å². The van der Waals surface area contributed by atoms with Gasteiger partial charge in [0.1, 0.15) is 5.75 Å². The lowest BCUT2D eigenvalue weighted by molar-refractivity contribution is -0.129. The summed E-state index contributed by atoms with van der Waals surface area (Å²) in [6, 6.07) is 21.0. The maximum atomic E-state index is 14.2. The molecule has 42 heavy (non-hydrogen) atoms. The van der Waals surface area contributed by atoms with Crippen LogP contribution in [0.4, 0.5) is 11.4 Å². The molecular formula is C30H32N8O4. The van der Waals surface area contributed by atoms with E-state index in [0.717, 1.165) is 0 Å². The molecule has 0 unspecified atom stereocenters. The highest BCUT2D eigenvalue weighted by atomic mass is 16.5. The Morgan fingerprint density at radius 3 is 2.40 bits per heavy atom. The van der Waals surface area contributed by atoms with Gasteiger partial charge < -0.3 is 19.9 Å². The molecule has 2 atom stereocenters. The summed E-state index contributed by atoms with van der Waals surface area (Å²) >= 11 is 0. The van der Waals surface area contributed by atoms with E-state index in [9.17, 15) is 15.9 Å². The molecule has 2 N–H and O–H groups in total. The Morgan fingerprint density at radius 2 is 1.71 bits per heavy atom. The molecule has 0 saturated heterocycles. The van der Waals surface area contributed by atoms with Gasteiger partial charge in [-0.1, -0.05) is 72.6 Å². The molecule has 12 heteroatoms. The molecular weight excluding hydrogens is 536 g/mol. The second-order valence-corrected chi connectivity index (χ2v) is 10.1. The monoisotopic (exact) mass is 568 g/mol. The Kier molecular flexibility index (Phi) is 10.0. The van der Waals surface area contributed by atoms with Crippen molar-refractivity contribution in [3.8, 4) is 5.75 Å². The minimum absolute atomic E-state index is 0.0329. The van der Waals surface area contributed by atoms with E-state index >= 15 is 0 Å². The van der Waals surface area contributed by atoms with E-state index in [1.165, 1.54) is 0 Å². The first kappa shape index (κ1) is 30.0. The Morgan fingerprint density at radius 1 is 1.05 bits per heavy atom. The molecule has 0 aromatic heterocycles. The third kappa shape index (κ3) is 6.82. The van der Waals surface area contributed by atoms with Crippen LogP contribution >= 0.6 is 0 Å². The number of azide groups is 2. The Balaban J connectivity index is 1.88. The Hall–Kier alpha value is -5.02. The molecule has 3 aromatic carbocycles. The minimum atomic E-state index is -1.55. The van der Waals surface area contributed by atoms with Crippen LogP contribution in [0.3, 0.4) is 0 Å². The molecule has 1 heterocycles. The molecule has 216 valence electrons. The number of amides is 1. The van der Waals surface area contributed by atoms with Crippen molar-refractivity contribution >= 4 is 23.2 Å². The van der Waals surface area contributed by atoms with Crippen molar-refractivity contribution in [2.45, 2.75) is 38.3 Å². The molecule has 3 aromatic rings. The highest BCUT2D eigenvalue weighted by molar-refractivity contribution is 6.01. The van der Waals surface area contributed by atoms with Crippen LogP contribution in [-0.4, -0.2) is 42.2 Å². The second kappa shape index (κ2) is 14.0. The van der Waals surface area contributed by atoms with Crippen molar-refractivity contribution < 1.29 is 19.4 Å². The zero-order valence-corrected chi connectivity index (χ0v) is 23.4. The van der Waals surface area contributed by atoms with E-state index in [0.29, 0.717) is 53.4 Å². The van der Waals surface area contributed by atoms with Gasteiger partial charge in [-0.25, -0.2) is 4.99 Å². The number of aliphatic hydroxyl groups is 1. The molecule has 0 radical (unpaired) electrons. The lowest BCUT2D eigenvalue weighted by atomic mass is 9.81. The molecule has 4 rings (SSSR count). The summed E-state index contributed by atoms with van der Waals surface area (Å²) < 4.78 is 12.2. The first-order chi connectivity index (χ1) is 20.4. The SMILES string of the molecule is CC(C)CNC(=O)[C@]1(Cc2ccccc2N=[N+]=[N-])N=C(c2ccc(OCCCO)cc2)O[C@@H]1c1ccccc1N=[N+]=[N-]. The van der Waals surface area contributed by atoms with Gasteiger partial charge in [0.2, 0.25) is 5.90 Å². The average molecular weight is 569 g/mol. The van der Waals surface area contributed by atoms with Gasteiger partial charge in [0, 0.05) is 58.3 Å². The van der Waals surface area contributed by atoms with Gasteiger partial charge in [0.05, 0.1) is 6.61 Å². The first-order valence-electron chi connectivity index (χ1n) is 13.6. The molecule has 0 spiro atoms. The second-order valence-electron chi connectivity index (χ2n) is 10.1. The van der Waals surface area contributed by atoms with Crippen molar-refractivity contribution in [2.75, 3.05) is 19.8 Å². The van der Waals surface area contributed by atoms with E-state index in [2.05, 4.69) is 25.4 Å². The predicted molar refractivity (Wildman–Crippen MR) is 159 cm³/mol. The number of aliphatic hydroxyl groups excluding tert-OH is 1. The summed E-state index contributed by atoms with van der Waals surface area (Å²) in [5.74, 6) is 0.616. The summed E-state index contributed by atoms with van der Waals surface area (Å²) in [5.41, 5.74) is 19.3. The Bertz CT molecular complexity index is 1530. The molecule has 1 aliphatic heterocycles. The van der Waals surface area contributed by atoms with Crippen LogP contribution in [0.5, 0.6) is 5.75 Å². The lowest BCUT2D eigenvalue weighted by Gasteiger charge is -2.32. The fourth-order valence-corrected chi connectivity index (χ4v) is 4.65. The van der Waals surface area contributed by atoms with Crippen LogP contribution in [0.1, 0.15) is 43.1 Å². The number of carbonyl (C=O) groups excluding carboxylic acids is 1. The molecule has 0 aliphatic carbocycles. The van der Waals surface area contributed by atoms with Gasteiger partial charge in [0.15, 0.2) is 11.6 Å². The van der Waals surface area contributed by atoms with E-state index in [1.807, 2.05) is 13.8 Å². The average Bonchev–Trinajstić information content (AvgIpc) is 3.38. The van der Waals surface area contributed by atoms with Crippen molar-refractivity contribution in [3.63, 3.8) is 0 Å². The van der Waals surface area contributed by atoms with E-state index in [1.54, 1.807) is 72.8 Å². The number of benzene rings is 3. The number of hydrogen-bond donors (Lipinski definition) is 2. The van der Waals surface area contributed by atoms with Crippen LogP contribution in [0.2, 0.25) is 0 Å². The van der Waals surface area contributed by atoms with Gasteiger partial charge in [0.25, 0.3) is 5.91 Å². The van der Waals surface area contributed by atoms with Crippen LogP contribution in [0, 0.1) is 5.92 Å². The van der Waals surface area contributed by atoms with E-state index in [-0.39, 0.29) is 30.8 Å². The zero-order valence-electron chi connectivity index (χ0n) is 23.4. The van der Waals surface area contributed by atoms with Crippen molar-refractivity contribution in [3.05, 3.63) is 110 Å². The van der Waals surface area contributed by atoms with Crippen molar-refractivity contribution in [2.24, 2.45) is 21.1 Å². The zero-order chi connectivity index (χ0) is 30.0.